The highest BCUT2D eigenvalue weighted by molar-refractivity contribution is 6.02. The summed E-state index contributed by atoms with van der Waals surface area (Å²) in [7, 11) is 3.15. The number of nitrogens with zero attached hydrogens (tertiary/aromatic N) is 2. The summed E-state index contributed by atoms with van der Waals surface area (Å²) in [5, 5.41) is 7.47. The van der Waals surface area contributed by atoms with Gasteiger partial charge in [0.25, 0.3) is 0 Å². The first-order chi connectivity index (χ1) is 13.5. The van der Waals surface area contributed by atoms with Crippen molar-refractivity contribution >= 4 is 17.7 Å². The van der Waals surface area contributed by atoms with E-state index in [9.17, 15) is 4.79 Å². The van der Waals surface area contributed by atoms with Gasteiger partial charge in [-0.15, -0.1) is 0 Å². The standard InChI is InChI=1S/C22H23N3O3/c1-15-21(16(2)25(24-15)18-10-6-5-7-11-18)23-20(26)14-13-17-9-8-12-19(27-3)22(17)28-4/h5-14H,1-4H3,(H,23,26)/b14-13+. The van der Waals surface area contributed by atoms with Gasteiger partial charge < -0.3 is 14.8 Å². The molecule has 1 N–H and O–H groups in total. The number of anilines is 1. The first-order valence-electron chi connectivity index (χ1n) is 8.87. The number of carbonyl (C=O) groups is 1. The van der Waals surface area contributed by atoms with E-state index in [1.807, 2.05) is 61.0 Å². The number of hydrogen-bond acceptors (Lipinski definition) is 4. The average molecular weight is 377 g/mol. The van der Waals surface area contributed by atoms with Crippen LogP contribution in [0.15, 0.2) is 54.6 Å². The number of rotatable bonds is 6. The van der Waals surface area contributed by atoms with Gasteiger partial charge in [-0.3, -0.25) is 4.79 Å². The molecule has 1 aromatic heterocycles. The SMILES string of the molecule is COc1cccc(/C=C/C(=O)Nc2c(C)nn(-c3ccccc3)c2C)c1OC. The number of hydrogen-bond donors (Lipinski definition) is 1. The Bertz CT molecular complexity index is 1010. The summed E-state index contributed by atoms with van der Waals surface area (Å²) in [5.74, 6) is 0.947. The highest BCUT2D eigenvalue weighted by atomic mass is 16.5. The Morgan fingerprint density at radius 3 is 2.46 bits per heavy atom. The lowest BCUT2D eigenvalue weighted by molar-refractivity contribution is -0.111. The molecule has 28 heavy (non-hydrogen) atoms. The molecule has 0 aliphatic rings. The zero-order valence-corrected chi connectivity index (χ0v) is 16.4. The topological polar surface area (TPSA) is 65.4 Å². The fourth-order valence-corrected chi connectivity index (χ4v) is 3.02. The van der Waals surface area contributed by atoms with Crippen molar-refractivity contribution in [1.29, 1.82) is 0 Å². The number of ether oxygens (including phenoxy) is 2. The van der Waals surface area contributed by atoms with Crippen molar-refractivity contribution in [1.82, 2.24) is 9.78 Å². The quantitative estimate of drug-likeness (QED) is 0.655. The Morgan fingerprint density at radius 2 is 1.79 bits per heavy atom. The van der Waals surface area contributed by atoms with Gasteiger partial charge in [-0.1, -0.05) is 30.3 Å². The molecule has 0 atom stereocenters. The molecule has 0 aliphatic carbocycles. The molecule has 1 amide bonds. The van der Waals surface area contributed by atoms with Gasteiger partial charge in [-0.25, -0.2) is 4.68 Å². The van der Waals surface area contributed by atoms with Gasteiger partial charge in [-0.05, 0) is 38.1 Å². The van der Waals surface area contributed by atoms with Gasteiger partial charge in [0, 0.05) is 11.6 Å². The molecule has 0 aliphatic heterocycles. The predicted molar refractivity (Wildman–Crippen MR) is 110 cm³/mol. The number of para-hydroxylation sites is 2. The van der Waals surface area contributed by atoms with E-state index in [0.29, 0.717) is 17.2 Å². The molecule has 2 aromatic carbocycles. The summed E-state index contributed by atoms with van der Waals surface area (Å²) in [4.78, 5) is 12.5. The van der Waals surface area contributed by atoms with Gasteiger partial charge >= 0.3 is 0 Å². The summed E-state index contributed by atoms with van der Waals surface area (Å²) < 4.78 is 12.5. The molecule has 0 bridgehead atoms. The molecule has 0 unspecified atom stereocenters. The molecular formula is C22H23N3O3. The molecular weight excluding hydrogens is 354 g/mol. The van der Waals surface area contributed by atoms with Gasteiger partial charge in [0.05, 0.1) is 37.0 Å². The number of carbonyl (C=O) groups excluding carboxylic acids is 1. The molecule has 0 saturated carbocycles. The smallest absolute Gasteiger partial charge is 0.248 e. The molecule has 0 fully saturated rings. The van der Waals surface area contributed by atoms with Gasteiger partial charge in [0.15, 0.2) is 11.5 Å². The summed E-state index contributed by atoms with van der Waals surface area (Å²) in [6.07, 6.45) is 3.17. The number of amides is 1. The van der Waals surface area contributed by atoms with E-state index in [1.165, 1.54) is 6.08 Å². The van der Waals surface area contributed by atoms with Crippen LogP contribution in [0.1, 0.15) is 17.0 Å². The van der Waals surface area contributed by atoms with Crippen LogP contribution in [0.2, 0.25) is 0 Å². The van der Waals surface area contributed by atoms with Gasteiger partial charge in [0.2, 0.25) is 5.91 Å². The minimum Gasteiger partial charge on any atom is -0.493 e. The van der Waals surface area contributed by atoms with Crippen LogP contribution in [0.5, 0.6) is 11.5 Å². The molecule has 3 rings (SSSR count). The van der Waals surface area contributed by atoms with Crippen molar-refractivity contribution < 1.29 is 14.3 Å². The lowest BCUT2D eigenvalue weighted by Gasteiger charge is -2.10. The number of aromatic nitrogens is 2. The van der Waals surface area contributed by atoms with E-state index in [0.717, 1.165) is 22.6 Å². The third-order valence-electron chi connectivity index (χ3n) is 4.39. The van der Waals surface area contributed by atoms with E-state index in [1.54, 1.807) is 26.4 Å². The third-order valence-corrected chi connectivity index (χ3v) is 4.39. The lowest BCUT2D eigenvalue weighted by atomic mass is 10.1. The molecule has 3 aromatic rings. The Morgan fingerprint density at radius 1 is 1.04 bits per heavy atom. The van der Waals surface area contributed by atoms with Crippen LogP contribution in [0.25, 0.3) is 11.8 Å². The minimum absolute atomic E-state index is 0.247. The maximum absolute atomic E-state index is 12.5. The van der Waals surface area contributed by atoms with Crippen molar-refractivity contribution in [2.45, 2.75) is 13.8 Å². The fourth-order valence-electron chi connectivity index (χ4n) is 3.02. The Balaban J connectivity index is 1.81. The number of aryl methyl sites for hydroxylation is 1. The lowest BCUT2D eigenvalue weighted by Crippen LogP contribution is -2.09. The molecule has 1 heterocycles. The highest BCUT2D eigenvalue weighted by Gasteiger charge is 2.14. The van der Waals surface area contributed by atoms with Crippen LogP contribution in [-0.4, -0.2) is 29.9 Å². The van der Waals surface area contributed by atoms with Crippen LogP contribution < -0.4 is 14.8 Å². The fraction of sp³-hybridized carbons (Fsp3) is 0.182. The monoisotopic (exact) mass is 377 g/mol. The van der Waals surface area contributed by atoms with Gasteiger partial charge in [-0.2, -0.15) is 5.10 Å². The summed E-state index contributed by atoms with van der Waals surface area (Å²) in [6.45, 7) is 3.80. The summed E-state index contributed by atoms with van der Waals surface area (Å²) >= 11 is 0. The summed E-state index contributed by atoms with van der Waals surface area (Å²) in [5.41, 5.74) is 4.02. The van der Waals surface area contributed by atoms with Crippen molar-refractivity contribution in [2.75, 3.05) is 19.5 Å². The Labute approximate surface area is 164 Å². The highest BCUT2D eigenvalue weighted by Crippen LogP contribution is 2.31. The zero-order chi connectivity index (χ0) is 20.1. The van der Waals surface area contributed by atoms with E-state index in [2.05, 4.69) is 10.4 Å². The van der Waals surface area contributed by atoms with Gasteiger partial charge in [0.1, 0.15) is 0 Å². The second kappa shape index (κ2) is 8.43. The predicted octanol–water partition coefficient (Wildman–Crippen LogP) is 4.16. The largest absolute Gasteiger partial charge is 0.493 e. The third kappa shape index (κ3) is 3.91. The number of nitrogens with one attached hydrogen (secondary N) is 1. The number of benzene rings is 2. The van der Waals surface area contributed by atoms with E-state index in [-0.39, 0.29) is 5.91 Å². The first kappa shape index (κ1) is 19.2. The minimum atomic E-state index is -0.247. The molecule has 0 radical (unpaired) electrons. The van der Waals surface area contributed by atoms with Crippen LogP contribution in [-0.2, 0) is 4.79 Å². The van der Waals surface area contributed by atoms with Crippen LogP contribution >= 0.6 is 0 Å². The maximum atomic E-state index is 12.5. The molecule has 0 saturated heterocycles. The molecule has 6 heteroatoms. The van der Waals surface area contributed by atoms with E-state index < -0.39 is 0 Å². The van der Waals surface area contributed by atoms with Crippen LogP contribution in [0, 0.1) is 13.8 Å². The van der Waals surface area contributed by atoms with Crippen molar-refractivity contribution in [3.63, 3.8) is 0 Å². The van der Waals surface area contributed by atoms with Crippen molar-refractivity contribution in [3.05, 3.63) is 71.6 Å². The second-order valence-corrected chi connectivity index (χ2v) is 6.20. The average Bonchev–Trinajstić information content (AvgIpc) is 3.00. The van der Waals surface area contributed by atoms with Crippen LogP contribution in [0.3, 0.4) is 0 Å². The number of methoxy groups -OCH3 is 2. The summed E-state index contributed by atoms with van der Waals surface area (Å²) in [6, 6.07) is 15.3. The second-order valence-electron chi connectivity index (χ2n) is 6.20. The first-order valence-corrected chi connectivity index (χ1v) is 8.87. The Hall–Kier alpha value is -3.54. The molecule has 6 nitrogen and oxygen atoms in total. The van der Waals surface area contributed by atoms with Crippen LogP contribution in [0.4, 0.5) is 5.69 Å². The van der Waals surface area contributed by atoms with E-state index >= 15 is 0 Å². The zero-order valence-electron chi connectivity index (χ0n) is 16.4. The molecule has 0 spiro atoms. The van der Waals surface area contributed by atoms with Crippen molar-refractivity contribution in [3.8, 4) is 17.2 Å². The van der Waals surface area contributed by atoms with E-state index in [4.69, 9.17) is 9.47 Å². The Kier molecular flexibility index (Phi) is 5.79. The van der Waals surface area contributed by atoms with Crippen molar-refractivity contribution in [2.24, 2.45) is 0 Å². The normalized spacial score (nSPS) is 10.9. The maximum Gasteiger partial charge on any atom is 0.248 e. The molecule has 144 valence electrons.